The number of aliphatic hydroxyl groups excluding tert-OH is 2. The lowest BCUT2D eigenvalue weighted by Crippen LogP contribution is -2.45. The molecule has 0 saturated heterocycles. The van der Waals surface area contributed by atoms with Gasteiger partial charge in [-0.3, -0.25) is 39.9 Å². The molecule has 24 nitrogen and oxygen atoms in total. The maximum absolute atomic E-state index is 15.8. The number of pyridine rings is 4. The molecule has 5 aromatic heterocycles. The molecule has 0 radical (unpaired) electrons. The molecule has 0 amide bonds. The Morgan fingerprint density at radius 2 is 0.989 bits per heavy atom. The number of nitrogens with one attached hydrogen (secondary N) is 5. The van der Waals surface area contributed by atoms with Crippen molar-refractivity contribution >= 4 is 60.3 Å². The molecule has 0 bridgehead atoms. The lowest BCUT2D eigenvalue weighted by atomic mass is 9.85. The van der Waals surface area contributed by atoms with Gasteiger partial charge in [0, 0.05) is 96.5 Å². The predicted molar refractivity (Wildman–Crippen MR) is 357 cm³/mol. The number of hydrogen-bond acceptors (Lipinski definition) is 19. The van der Waals surface area contributed by atoms with Crippen LogP contribution in [0.15, 0.2) is 166 Å². The number of hydrogen-bond donors (Lipinski definition) is 7. The summed E-state index contributed by atoms with van der Waals surface area (Å²) in [6.07, 6.45) is 19.0. The number of imidazole rings is 1. The molecule has 498 valence electrons. The van der Waals surface area contributed by atoms with Crippen LogP contribution in [0.1, 0.15) is 139 Å². The first-order chi connectivity index (χ1) is 45.4. The fraction of sp³-hybridized carbons (Fsp3) is 0.400. The third-order valence-corrected chi connectivity index (χ3v) is 23.0. The standard InChI is InChI=1S/C23H22FN3O2S.C16H23N3O3S.C14H19N3O3S.C12H13N5O2S/c1-16(27-30(28,29)23-19-13-8-14-25-20(19)15-26-23)22(24)21(17-9-4-2-5-10-17)18-11-6-3-7-12-18;20-11-13(9-12-5-2-1-3-6-12)19-23(21,22)16-14-7-4-8-17-15(14)10-18-16;18-9-10-4-1-2-6-12(10)17-21(19,20)14-11-5-3-7-15-13(11)8-16-14;18-20(19,17-5-3-9-6-13-8-16-9)12-10-2-1-4-14-11(10)7-15-12/h2-14,16,21-22,27H,15H2,1H3;4,7-8,12-13,19-20H,1-3,5-6,9-11H2;3,5,7,10,12,17-18H,1-2,4,6,8-9H2;1-2,4,6,8,17H,3,5,7H2,(H,13,16)/t16-,22?;;10-,12-;/m0.0./s1. The fourth-order valence-electron chi connectivity index (χ4n) is 12.3. The molecule has 94 heavy (non-hydrogen) atoms. The van der Waals surface area contributed by atoms with Crippen LogP contribution in [0.4, 0.5) is 4.39 Å². The highest BCUT2D eigenvalue weighted by atomic mass is 32.2. The first kappa shape index (κ1) is 69.3. The highest BCUT2D eigenvalue weighted by Gasteiger charge is 2.38. The number of alkyl halides is 1. The van der Waals surface area contributed by atoms with Gasteiger partial charge in [-0.15, -0.1) is 0 Å². The molecule has 7 N–H and O–H groups in total. The first-order valence-electron chi connectivity index (χ1n) is 31.3. The molecule has 7 aromatic rings. The molecule has 0 spiro atoms. The Kier molecular flexibility index (Phi) is 23.4. The number of aromatic nitrogens is 6. The molecule has 9 heterocycles. The second-order valence-corrected chi connectivity index (χ2v) is 30.1. The summed E-state index contributed by atoms with van der Waals surface area (Å²) in [5.41, 5.74) is 7.33. The zero-order valence-electron chi connectivity index (χ0n) is 51.8. The van der Waals surface area contributed by atoms with Gasteiger partial charge in [0.25, 0.3) is 40.1 Å². The largest absolute Gasteiger partial charge is 0.396 e. The van der Waals surface area contributed by atoms with Crippen LogP contribution in [0.3, 0.4) is 0 Å². The van der Waals surface area contributed by atoms with E-state index in [2.05, 4.69) is 68.8 Å². The molecule has 2 aliphatic carbocycles. The zero-order valence-corrected chi connectivity index (χ0v) is 55.1. The number of aliphatic imine (C=N–C) groups is 4. The summed E-state index contributed by atoms with van der Waals surface area (Å²) in [7, 11) is -15.0. The molecular weight excluding hydrogens is 1280 g/mol. The van der Waals surface area contributed by atoms with Crippen molar-refractivity contribution in [2.45, 2.75) is 134 Å². The van der Waals surface area contributed by atoms with Crippen LogP contribution in [0.2, 0.25) is 0 Å². The molecule has 5 atom stereocenters. The van der Waals surface area contributed by atoms with Gasteiger partial charge in [0.05, 0.1) is 67.9 Å². The van der Waals surface area contributed by atoms with E-state index in [1.807, 2.05) is 60.7 Å². The van der Waals surface area contributed by atoms with Gasteiger partial charge in [0.15, 0.2) is 20.2 Å². The molecule has 2 aromatic carbocycles. The van der Waals surface area contributed by atoms with Crippen LogP contribution >= 0.6 is 0 Å². The number of sulfonamides is 4. The second kappa shape index (κ2) is 31.8. The Balaban J connectivity index is 0.000000139. The van der Waals surface area contributed by atoms with Crippen molar-refractivity contribution < 1.29 is 48.3 Å². The van der Waals surface area contributed by atoms with Crippen molar-refractivity contribution in [1.82, 2.24) is 48.8 Å². The van der Waals surface area contributed by atoms with E-state index in [4.69, 9.17) is 0 Å². The van der Waals surface area contributed by atoms with Crippen LogP contribution in [-0.2, 0) is 72.7 Å². The van der Waals surface area contributed by atoms with E-state index in [-0.39, 0.29) is 51.9 Å². The average Bonchev–Trinajstić information content (AvgIpc) is 1.96. The van der Waals surface area contributed by atoms with Crippen LogP contribution in [-0.4, -0.2) is 138 Å². The van der Waals surface area contributed by atoms with Gasteiger partial charge in [-0.1, -0.05) is 106 Å². The number of nitrogens with zero attached hydrogens (tertiary/aromatic N) is 9. The van der Waals surface area contributed by atoms with Gasteiger partial charge < -0.3 is 15.2 Å². The zero-order chi connectivity index (χ0) is 66.3. The van der Waals surface area contributed by atoms with Gasteiger partial charge in [-0.2, -0.15) is 0 Å². The van der Waals surface area contributed by atoms with Gasteiger partial charge in [-0.05, 0) is 97.7 Å². The van der Waals surface area contributed by atoms with Crippen molar-refractivity contribution in [2.75, 3.05) is 19.8 Å². The number of fused-ring (bicyclic) bond motifs is 4. The minimum absolute atomic E-state index is 0.0103. The lowest BCUT2D eigenvalue weighted by molar-refractivity contribution is 0.164. The van der Waals surface area contributed by atoms with E-state index in [9.17, 15) is 43.9 Å². The number of aromatic amines is 1. The highest BCUT2D eigenvalue weighted by Crippen LogP contribution is 2.33. The van der Waals surface area contributed by atoms with Crippen LogP contribution in [0, 0.1) is 11.8 Å². The minimum atomic E-state index is -4.00. The van der Waals surface area contributed by atoms with Crippen LogP contribution in [0.5, 0.6) is 0 Å². The van der Waals surface area contributed by atoms with Gasteiger partial charge in [0.1, 0.15) is 6.17 Å². The molecule has 6 aliphatic rings. The summed E-state index contributed by atoms with van der Waals surface area (Å²) >= 11 is 0. The number of H-pyrrole nitrogens is 1. The van der Waals surface area contributed by atoms with Crippen molar-refractivity contribution in [2.24, 2.45) is 31.8 Å². The summed E-state index contributed by atoms with van der Waals surface area (Å²) in [6, 6.07) is 30.6. The summed E-state index contributed by atoms with van der Waals surface area (Å²) in [4.78, 5) is 39.9. The van der Waals surface area contributed by atoms with Gasteiger partial charge in [0.2, 0.25) is 0 Å². The summed E-state index contributed by atoms with van der Waals surface area (Å²) in [5, 5.41) is 19.1. The maximum atomic E-state index is 15.8. The van der Waals surface area contributed by atoms with E-state index >= 15 is 4.39 Å². The van der Waals surface area contributed by atoms with E-state index in [1.54, 1.807) is 92.8 Å². The van der Waals surface area contributed by atoms with E-state index in [1.165, 1.54) is 19.3 Å². The van der Waals surface area contributed by atoms with Crippen LogP contribution < -0.4 is 18.9 Å². The SMILES string of the molecule is C[C@H](NS(=O)(=O)C1=NCc2ncccc21)C(F)C(c1ccccc1)c1ccccc1.O=S(=O)(NC(CO)CC1CCCCC1)C1=NCc2ncccc21.O=S(=O)(NCCc1cnc[nH]1)C1=NCc2ncccc21.O=S(=O)(N[C@H]1CCCC[C@H]1CO)C1=NCc2ncccc21. The highest BCUT2D eigenvalue weighted by molar-refractivity contribution is 8.06. The molecule has 2 fully saturated rings. The smallest absolute Gasteiger partial charge is 0.258 e. The predicted octanol–water partition coefficient (Wildman–Crippen LogP) is 6.45. The number of rotatable bonds is 18. The number of aliphatic hydroxyl groups is 2. The van der Waals surface area contributed by atoms with Crippen molar-refractivity contribution in [1.29, 1.82) is 0 Å². The quantitative estimate of drug-likeness (QED) is 0.0485. The summed E-state index contributed by atoms with van der Waals surface area (Å²) in [5.74, 6) is -0.128. The molecule has 29 heteroatoms. The molecule has 13 rings (SSSR count). The Hall–Kier alpha value is -7.58. The molecular formula is C65H77FN14O10S4. The third kappa shape index (κ3) is 17.3. The Labute approximate surface area is 548 Å². The second-order valence-electron chi connectivity index (χ2n) is 23.5. The number of halogens is 1. The van der Waals surface area contributed by atoms with Crippen molar-refractivity contribution in [3.8, 4) is 0 Å². The average molecular weight is 1360 g/mol. The minimum Gasteiger partial charge on any atom is -0.396 e. The lowest BCUT2D eigenvalue weighted by Gasteiger charge is -2.30. The Morgan fingerprint density at radius 1 is 0.543 bits per heavy atom. The Bertz CT molecular complexity index is 4280. The Morgan fingerprint density at radius 3 is 1.45 bits per heavy atom. The monoisotopic (exact) mass is 1360 g/mol. The summed E-state index contributed by atoms with van der Waals surface area (Å²) < 4.78 is 127. The van der Waals surface area contributed by atoms with E-state index < -0.39 is 64.3 Å². The van der Waals surface area contributed by atoms with E-state index in [0.29, 0.717) is 90.0 Å². The van der Waals surface area contributed by atoms with Gasteiger partial charge >= 0.3 is 0 Å². The maximum Gasteiger partial charge on any atom is 0.258 e. The van der Waals surface area contributed by atoms with E-state index in [0.717, 1.165) is 55.3 Å². The van der Waals surface area contributed by atoms with Crippen molar-refractivity contribution in [3.63, 3.8) is 0 Å². The normalized spacial score (nSPS) is 18.6. The van der Waals surface area contributed by atoms with Crippen LogP contribution in [0.25, 0.3) is 0 Å². The molecule has 2 unspecified atom stereocenters. The molecule has 2 saturated carbocycles. The molecule has 4 aliphatic heterocycles. The van der Waals surface area contributed by atoms with Crippen molar-refractivity contribution in [3.05, 3.63) is 208 Å². The fourth-order valence-corrected chi connectivity index (χ4v) is 17.9. The topological polar surface area (TPSA) is 355 Å². The number of benzene rings is 2. The van der Waals surface area contributed by atoms with Gasteiger partial charge in [-0.25, -0.2) is 61.9 Å². The third-order valence-electron chi connectivity index (χ3n) is 17.0. The summed E-state index contributed by atoms with van der Waals surface area (Å²) in [6.45, 7) is 2.77. The first-order valence-corrected chi connectivity index (χ1v) is 37.2.